The average molecular weight is 451 g/mol. The molecule has 0 radical (unpaired) electrons. The molecule has 1 aromatic heterocycles. The van der Waals surface area contributed by atoms with Crippen LogP contribution in [-0.2, 0) is 11.2 Å². The maximum atomic E-state index is 12.0. The highest BCUT2D eigenvalue weighted by Crippen LogP contribution is 2.30. The van der Waals surface area contributed by atoms with E-state index in [0.717, 1.165) is 20.9 Å². The molecule has 1 heterocycles. The molecule has 7 heteroatoms. The first-order valence-corrected chi connectivity index (χ1v) is 8.68. The number of rotatable bonds is 4. The van der Waals surface area contributed by atoms with Crippen LogP contribution in [0.15, 0.2) is 56.6 Å². The van der Waals surface area contributed by atoms with Crippen LogP contribution in [0.5, 0.6) is 5.75 Å². The van der Waals surface area contributed by atoms with Crippen LogP contribution in [0.4, 0.5) is 0 Å². The maximum absolute atomic E-state index is 12.0. The highest BCUT2D eigenvalue weighted by molar-refractivity contribution is 9.11. The number of hydrazone groups is 1. The topological polar surface area (TPSA) is 77.5 Å². The third-order valence-electron chi connectivity index (χ3n) is 3.48. The van der Waals surface area contributed by atoms with Crippen LogP contribution < -0.4 is 5.43 Å². The number of carbonyl (C=O) groups excluding carboxylic acids is 1. The SMILES string of the molecule is O=C(Cc1c[nH]c2ccccc12)N/N=C/c1cc(Br)cc(Br)c1O. The molecule has 0 fully saturated rings. The summed E-state index contributed by atoms with van der Waals surface area (Å²) in [5.41, 5.74) is 4.87. The van der Waals surface area contributed by atoms with Gasteiger partial charge in [0.2, 0.25) is 5.91 Å². The number of carbonyl (C=O) groups is 1. The van der Waals surface area contributed by atoms with Gasteiger partial charge in [0.15, 0.2) is 0 Å². The second kappa shape index (κ2) is 7.19. The van der Waals surface area contributed by atoms with Crippen LogP contribution in [0.1, 0.15) is 11.1 Å². The van der Waals surface area contributed by atoms with Crippen LogP contribution in [0, 0.1) is 0 Å². The number of nitrogens with zero attached hydrogens (tertiary/aromatic N) is 1. The Hall–Kier alpha value is -2.12. The summed E-state index contributed by atoms with van der Waals surface area (Å²) in [6.07, 6.45) is 3.44. The number of amides is 1. The van der Waals surface area contributed by atoms with E-state index in [-0.39, 0.29) is 18.1 Å². The Labute approximate surface area is 155 Å². The first kappa shape index (κ1) is 16.7. The fourth-order valence-corrected chi connectivity index (χ4v) is 3.61. The quantitative estimate of drug-likeness (QED) is 0.413. The van der Waals surface area contributed by atoms with E-state index in [2.05, 4.69) is 47.4 Å². The Balaban J connectivity index is 1.68. The largest absolute Gasteiger partial charge is 0.506 e. The lowest BCUT2D eigenvalue weighted by Gasteiger charge is -2.03. The number of hydrogen-bond donors (Lipinski definition) is 3. The van der Waals surface area contributed by atoms with E-state index in [1.54, 1.807) is 12.1 Å². The summed E-state index contributed by atoms with van der Waals surface area (Å²) >= 11 is 6.59. The molecule has 3 rings (SSSR count). The molecule has 0 aliphatic carbocycles. The standard InChI is InChI=1S/C17H13Br2N3O2/c18-12-5-11(17(24)14(19)7-12)9-21-22-16(23)6-10-8-20-15-4-2-1-3-13(10)15/h1-5,7-9,20,24H,6H2,(H,22,23)/b21-9+. The number of fused-ring (bicyclic) bond motifs is 1. The van der Waals surface area contributed by atoms with Crippen molar-refractivity contribution in [2.45, 2.75) is 6.42 Å². The van der Waals surface area contributed by atoms with Gasteiger partial charge in [-0.1, -0.05) is 34.1 Å². The minimum absolute atomic E-state index is 0.0628. The number of aromatic amines is 1. The summed E-state index contributed by atoms with van der Waals surface area (Å²) in [6, 6.07) is 11.2. The first-order chi connectivity index (χ1) is 11.5. The second-order valence-corrected chi connectivity index (χ2v) is 6.92. The van der Waals surface area contributed by atoms with Crippen molar-refractivity contribution >= 4 is 54.9 Å². The van der Waals surface area contributed by atoms with Crippen LogP contribution in [-0.4, -0.2) is 22.2 Å². The number of halogens is 2. The van der Waals surface area contributed by atoms with Gasteiger partial charge in [-0.2, -0.15) is 5.10 Å². The summed E-state index contributed by atoms with van der Waals surface area (Å²) in [5.74, 6) is -0.169. The Morgan fingerprint density at radius 3 is 2.92 bits per heavy atom. The van der Waals surface area contributed by atoms with E-state index in [0.29, 0.717) is 10.0 Å². The Kier molecular flexibility index (Phi) is 5.01. The molecule has 0 unspecified atom stereocenters. The van der Waals surface area contributed by atoms with Gasteiger partial charge in [0.25, 0.3) is 0 Å². The van der Waals surface area contributed by atoms with Crippen molar-refractivity contribution in [3.63, 3.8) is 0 Å². The molecular weight excluding hydrogens is 438 g/mol. The molecule has 0 saturated heterocycles. The van der Waals surface area contributed by atoms with Crippen molar-refractivity contribution in [2.75, 3.05) is 0 Å². The van der Waals surface area contributed by atoms with Crippen molar-refractivity contribution in [1.29, 1.82) is 0 Å². The number of H-pyrrole nitrogens is 1. The second-order valence-electron chi connectivity index (χ2n) is 5.15. The molecule has 3 N–H and O–H groups in total. The molecule has 0 bridgehead atoms. The summed E-state index contributed by atoms with van der Waals surface area (Å²) in [7, 11) is 0. The van der Waals surface area contributed by atoms with Crippen molar-refractivity contribution in [3.8, 4) is 5.75 Å². The first-order valence-electron chi connectivity index (χ1n) is 7.09. The number of hydrogen-bond acceptors (Lipinski definition) is 3. The third kappa shape index (κ3) is 3.68. The van der Waals surface area contributed by atoms with Gasteiger partial charge in [-0.3, -0.25) is 4.79 Å². The Morgan fingerprint density at radius 1 is 1.29 bits per heavy atom. The zero-order valence-electron chi connectivity index (χ0n) is 12.4. The highest BCUT2D eigenvalue weighted by Gasteiger charge is 2.08. The van der Waals surface area contributed by atoms with E-state index in [4.69, 9.17) is 0 Å². The van der Waals surface area contributed by atoms with Gasteiger partial charge in [-0.15, -0.1) is 0 Å². The van der Waals surface area contributed by atoms with Crippen molar-refractivity contribution in [1.82, 2.24) is 10.4 Å². The monoisotopic (exact) mass is 449 g/mol. The lowest BCUT2D eigenvalue weighted by Crippen LogP contribution is -2.19. The number of aromatic nitrogens is 1. The molecule has 3 aromatic rings. The zero-order chi connectivity index (χ0) is 17.1. The van der Waals surface area contributed by atoms with Gasteiger partial charge >= 0.3 is 0 Å². The number of nitrogens with one attached hydrogen (secondary N) is 2. The van der Waals surface area contributed by atoms with Crippen molar-refractivity contribution in [3.05, 3.63) is 62.7 Å². The summed E-state index contributed by atoms with van der Waals surface area (Å²) in [4.78, 5) is 15.2. The molecule has 1 amide bonds. The van der Waals surface area contributed by atoms with Crippen LogP contribution in [0.3, 0.4) is 0 Å². The average Bonchev–Trinajstić information content (AvgIpc) is 2.95. The van der Waals surface area contributed by atoms with Crippen molar-refractivity contribution < 1.29 is 9.90 Å². The molecule has 5 nitrogen and oxygen atoms in total. The predicted octanol–water partition coefficient (Wildman–Crippen LogP) is 4.09. The Bertz CT molecular complexity index is 935. The minimum Gasteiger partial charge on any atom is -0.506 e. The van der Waals surface area contributed by atoms with E-state index >= 15 is 0 Å². The number of benzene rings is 2. The lowest BCUT2D eigenvalue weighted by atomic mass is 10.1. The van der Waals surface area contributed by atoms with E-state index in [1.807, 2.05) is 30.5 Å². The third-order valence-corrected chi connectivity index (χ3v) is 4.54. The van der Waals surface area contributed by atoms with Crippen molar-refractivity contribution in [2.24, 2.45) is 5.10 Å². The molecule has 2 aromatic carbocycles. The van der Waals surface area contributed by atoms with E-state index in [1.165, 1.54) is 6.21 Å². The van der Waals surface area contributed by atoms with Gasteiger partial charge in [0.05, 0.1) is 17.1 Å². The van der Waals surface area contributed by atoms with Gasteiger partial charge < -0.3 is 10.1 Å². The molecule has 0 spiro atoms. The number of phenolic OH excluding ortho intramolecular Hbond substituents is 1. The normalized spacial score (nSPS) is 11.2. The Morgan fingerprint density at radius 2 is 2.08 bits per heavy atom. The van der Waals surface area contributed by atoms with Gasteiger partial charge in [-0.05, 0) is 39.7 Å². The fourth-order valence-electron chi connectivity index (χ4n) is 2.35. The molecule has 0 saturated carbocycles. The van der Waals surface area contributed by atoms with E-state index in [9.17, 15) is 9.90 Å². The number of para-hydroxylation sites is 1. The van der Waals surface area contributed by atoms with Gasteiger partial charge in [-0.25, -0.2) is 5.43 Å². The van der Waals surface area contributed by atoms with Crippen LogP contribution in [0.25, 0.3) is 10.9 Å². The minimum atomic E-state index is -0.232. The van der Waals surface area contributed by atoms with Gasteiger partial charge in [0, 0.05) is 27.1 Å². The number of phenols is 1. The fraction of sp³-hybridized carbons (Fsp3) is 0.0588. The summed E-state index contributed by atoms with van der Waals surface area (Å²) < 4.78 is 1.34. The summed E-state index contributed by atoms with van der Waals surface area (Å²) in [5, 5.41) is 14.9. The lowest BCUT2D eigenvalue weighted by molar-refractivity contribution is -0.120. The predicted molar refractivity (Wildman–Crippen MR) is 101 cm³/mol. The molecule has 24 heavy (non-hydrogen) atoms. The number of aromatic hydroxyl groups is 1. The van der Waals surface area contributed by atoms with Crippen LogP contribution >= 0.6 is 31.9 Å². The molecule has 0 aliphatic heterocycles. The molecule has 122 valence electrons. The van der Waals surface area contributed by atoms with E-state index < -0.39 is 0 Å². The summed E-state index contributed by atoms with van der Waals surface area (Å²) in [6.45, 7) is 0. The zero-order valence-corrected chi connectivity index (χ0v) is 15.6. The van der Waals surface area contributed by atoms with Gasteiger partial charge in [0.1, 0.15) is 5.75 Å². The molecule has 0 aliphatic rings. The smallest absolute Gasteiger partial charge is 0.244 e. The maximum Gasteiger partial charge on any atom is 0.244 e. The van der Waals surface area contributed by atoms with Crippen LogP contribution in [0.2, 0.25) is 0 Å². The molecular formula is C17H13Br2N3O2. The highest BCUT2D eigenvalue weighted by atomic mass is 79.9. The molecule has 0 atom stereocenters.